The van der Waals surface area contributed by atoms with Gasteiger partial charge in [0.15, 0.2) is 5.78 Å². The van der Waals surface area contributed by atoms with Gasteiger partial charge in [0, 0.05) is 12.2 Å². The number of unbranched alkanes of at least 4 members (excludes halogenated alkanes) is 1. The Hall–Kier alpha value is -1.61. The lowest BCUT2D eigenvalue weighted by molar-refractivity contribution is 0.0757. The van der Waals surface area contributed by atoms with Crippen molar-refractivity contribution in [1.29, 1.82) is 0 Å². The van der Waals surface area contributed by atoms with Crippen LogP contribution in [0.5, 0.6) is 5.75 Å². The Labute approximate surface area is 102 Å². The van der Waals surface area contributed by atoms with Crippen LogP contribution in [0, 0.1) is 0 Å². The fourth-order valence-corrected chi connectivity index (χ4v) is 1.35. The molecule has 3 heteroatoms. The largest absolute Gasteiger partial charge is 0.497 e. The summed E-state index contributed by atoms with van der Waals surface area (Å²) >= 11 is 0. The van der Waals surface area contributed by atoms with Crippen molar-refractivity contribution < 1.29 is 14.3 Å². The van der Waals surface area contributed by atoms with E-state index < -0.39 is 0 Å². The molecule has 0 spiro atoms. The van der Waals surface area contributed by atoms with Gasteiger partial charge >= 0.3 is 0 Å². The van der Waals surface area contributed by atoms with E-state index in [1.807, 2.05) is 6.08 Å². The second-order valence-electron chi connectivity index (χ2n) is 3.64. The highest BCUT2D eigenvalue weighted by molar-refractivity contribution is 5.97. The monoisotopic (exact) mass is 234 g/mol. The van der Waals surface area contributed by atoms with E-state index in [9.17, 15) is 4.79 Å². The van der Waals surface area contributed by atoms with Crippen molar-refractivity contribution in [2.75, 3.05) is 20.3 Å². The van der Waals surface area contributed by atoms with Crippen LogP contribution in [0.15, 0.2) is 36.9 Å². The molecule has 0 aliphatic rings. The Morgan fingerprint density at radius 3 is 2.65 bits per heavy atom. The highest BCUT2D eigenvalue weighted by Crippen LogP contribution is 2.11. The summed E-state index contributed by atoms with van der Waals surface area (Å²) in [5.74, 6) is 0.736. The number of hydrogen-bond donors (Lipinski definition) is 0. The van der Waals surface area contributed by atoms with Crippen LogP contribution in [0.2, 0.25) is 0 Å². The van der Waals surface area contributed by atoms with Gasteiger partial charge in [-0.2, -0.15) is 0 Å². The molecule has 0 N–H and O–H groups in total. The normalized spacial score (nSPS) is 9.94. The molecule has 92 valence electrons. The highest BCUT2D eigenvalue weighted by atomic mass is 16.5. The van der Waals surface area contributed by atoms with Crippen LogP contribution in [0.4, 0.5) is 0 Å². The minimum atomic E-state index is -0.00810. The van der Waals surface area contributed by atoms with Gasteiger partial charge in [0.25, 0.3) is 0 Å². The van der Waals surface area contributed by atoms with E-state index >= 15 is 0 Å². The number of methoxy groups -OCH3 is 1. The number of ketones is 1. The minimum Gasteiger partial charge on any atom is -0.497 e. The zero-order valence-corrected chi connectivity index (χ0v) is 10.1. The van der Waals surface area contributed by atoms with E-state index in [1.54, 1.807) is 31.4 Å². The fraction of sp³-hybridized carbons (Fsp3) is 0.357. The summed E-state index contributed by atoms with van der Waals surface area (Å²) in [6.45, 7) is 4.34. The smallest absolute Gasteiger partial charge is 0.188 e. The summed E-state index contributed by atoms with van der Waals surface area (Å²) < 4.78 is 10.3. The van der Waals surface area contributed by atoms with Crippen molar-refractivity contribution in [3.05, 3.63) is 42.5 Å². The van der Waals surface area contributed by atoms with Gasteiger partial charge in [-0.25, -0.2) is 0 Å². The second kappa shape index (κ2) is 7.63. The Kier molecular flexibility index (Phi) is 6.04. The number of allylic oxidation sites excluding steroid dienone is 1. The van der Waals surface area contributed by atoms with Crippen LogP contribution in [-0.2, 0) is 4.74 Å². The summed E-state index contributed by atoms with van der Waals surface area (Å²) in [5.41, 5.74) is 0.648. The van der Waals surface area contributed by atoms with E-state index in [4.69, 9.17) is 9.47 Å². The quantitative estimate of drug-likeness (QED) is 0.394. The minimum absolute atomic E-state index is 0.00810. The van der Waals surface area contributed by atoms with Crippen LogP contribution >= 0.6 is 0 Å². The molecule has 0 unspecified atom stereocenters. The Morgan fingerprint density at radius 2 is 2.06 bits per heavy atom. The maximum absolute atomic E-state index is 11.7. The summed E-state index contributed by atoms with van der Waals surface area (Å²) in [6.07, 6.45) is 3.66. The summed E-state index contributed by atoms with van der Waals surface area (Å²) in [5, 5.41) is 0. The molecule has 0 atom stereocenters. The number of carbonyl (C=O) groups is 1. The van der Waals surface area contributed by atoms with Crippen LogP contribution in [0.1, 0.15) is 23.2 Å². The summed E-state index contributed by atoms with van der Waals surface area (Å²) in [6, 6.07) is 7.03. The van der Waals surface area contributed by atoms with E-state index in [1.165, 1.54) is 0 Å². The molecule has 0 bridgehead atoms. The molecule has 0 aliphatic heterocycles. The van der Waals surface area contributed by atoms with Gasteiger partial charge in [-0.3, -0.25) is 4.79 Å². The molecule has 1 aromatic rings. The maximum atomic E-state index is 11.7. The highest BCUT2D eigenvalue weighted by Gasteiger charge is 2.05. The summed E-state index contributed by atoms with van der Waals surface area (Å²) in [7, 11) is 1.60. The molecule has 0 amide bonds. The SMILES string of the molecule is C=CCCCOCC(=O)c1ccc(OC)cc1. The molecule has 0 heterocycles. The Balaban J connectivity index is 2.33. The van der Waals surface area contributed by atoms with Gasteiger partial charge in [-0.05, 0) is 37.1 Å². The van der Waals surface area contributed by atoms with Gasteiger partial charge < -0.3 is 9.47 Å². The van der Waals surface area contributed by atoms with Gasteiger partial charge in [0.1, 0.15) is 12.4 Å². The number of rotatable bonds is 8. The van der Waals surface area contributed by atoms with E-state index in [-0.39, 0.29) is 12.4 Å². The third-order valence-corrected chi connectivity index (χ3v) is 2.34. The molecule has 1 rings (SSSR count). The topological polar surface area (TPSA) is 35.5 Å². The van der Waals surface area contributed by atoms with Crippen LogP contribution in [0.25, 0.3) is 0 Å². The molecular weight excluding hydrogens is 216 g/mol. The standard InChI is InChI=1S/C14H18O3/c1-3-4-5-10-17-11-14(15)12-6-8-13(16-2)9-7-12/h3,6-9H,1,4-5,10-11H2,2H3. The summed E-state index contributed by atoms with van der Waals surface area (Å²) in [4.78, 5) is 11.7. The van der Waals surface area contributed by atoms with Crippen LogP contribution in [-0.4, -0.2) is 26.1 Å². The second-order valence-corrected chi connectivity index (χ2v) is 3.64. The Bertz CT molecular complexity index is 354. The molecule has 17 heavy (non-hydrogen) atoms. The zero-order valence-electron chi connectivity index (χ0n) is 10.1. The third kappa shape index (κ3) is 4.83. The van der Waals surface area contributed by atoms with E-state index in [0.29, 0.717) is 12.2 Å². The van der Waals surface area contributed by atoms with E-state index in [2.05, 4.69) is 6.58 Å². The molecule has 0 saturated carbocycles. The lowest BCUT2D eigenvalue weighted by Crippen LogP contribution is -2.09. The fourth-order valence-electron chi connectivity index (χ4n) is 1.35. The predicted molar refractivity (Wildman–Crippen MR) is 67.6 cm³/mol. The lowest BCUT2D eigenvalue weighted by Gasteiger charge is -2.04. The number of hydrogen-bond acceptors (Lipinski definition) is 3. The van der Waals surface area contributed by atoms with Crippen LogP contribution < -0.4 is 4.74 Å². The zero-order chi connectivity index (χ0) is 12.5. The average molecular weight is 234 g/mol. The molecule has 0 radical (unpaired) electrons. The first kappa shape index (κ1) is 13.5. The molecule has 0 saturated heterocycles. The van der Waals surface area contributed by atoms with Gasteiger partial charge in [0.2, 0.25) is 0 Å². The molecule has 3 nitrogen and oxygen atoms in total. The first-order valence-electron chi connectivity index (χ1n) is 5.64. The number of ether oxygens (including phenoxy) is 2. The van der Waals surface area contributed by atoms with E-state index in [0.717, 1.165) is 18.6 Å². The number of carbonyl (C=O) groups excluding carboxylic acids is 1. The van der Waals surface area contributed by atoms with Gasteiger partial charge in [-0.1, -0.05) is 6.08 Å². The molecule has 0 fully saturated rings. The van der Waals surface area contributed by atoms with Crippen molar-refractivity contribution in [2.45, 2.75) is 12.8 Å². The van der Waals surface area contributed by atoms with Gasteiger partial charge in [0.05, 0.1) is 7.11 Å². The maximum Gasteiger partial charge on any atom is 0.188 e. The van der Waals surface area contributed by atoms with Crippen molar-refractivity contribution in [1.82, 2.24) is 0 Å². The first-order chi connectivity index (χ1) is 8.27. The van der Waals surface area contributed by atoms with Crippen molar-refractivity contribution in [3.63, 3.8) is 0 Å². The number of benzene rings is 1. The van der Waals surface area contributed by atoms with Crippen LogP contribution in [0.3, 0.4) is 0 Å². The predicted octanol–water partition coefficient (Wildman–Crippen LogP) is 2.86. The molecular formula is C14H18O3. The number of Topliss-reactive ketones (excluding diaryl/α,β-unsaturated/α-hetero) is 1. The first-order valence-corrected chi connectivity index (χ1v) is 5.64. The van der Waals surface area contributed by atoms with Crippen molar-refractivity contribution in [3.8, 4) is 5.75 Å². The van der Waals surface area contributed by atoms with Gasteiger partial charge in [-0.15, -0.1) is 6.58 Å². The molecule has 0 aliphatic carbocycles. The molecule has 1 aromatic carbocycles. The lowest BCUT2D eigenvalue weighted by atomic mass is 10.1. The molecule has 0 aromatic heterocycles. The van der Waals surface area contributed by atoms with Crippen molar-refractivity contribution in [2.24, 2.45) is 0 Å². The average Bonchev–Trinajstić information content (AvgIpc) is 2.38. The Morgan fingerprint density at radius 1 is 1.35 bits per heavy atom. The van der Waals surface area contributed by atoms with Crippen molar-refractivity contribution >= 4 is 5.78 Å². The third-order valence-electron chi connectivity index (χ3n) is 2.34.